The van der Waals surface area contributed by atoms with E-state index in [9.17, 15) is 4.79 Å². The lowest BCUT2D eigenvalue weighted by molar-refractivity contribution is -0.123. The van der Waals surface area contributed by atoms with Gasteiger partial charge in [-0.1, -0.05) is 6.07 Å². The van der Waals surface area contributed by atoms with Crippen LogP contribution in [0.5, 0.6) is 5.75 Å². The van der Waals surface area contributed by atoms with E-state index in [0.29, 0.717) is 6.42 Å². The van der Waals surface area contributed by atoms with Crippen molar-refractivity contribution in [1.29, 1.82) is 0 Å². The zero-order chi connectivity index (χ0) is 13.7. The van der Waals surface area contributed by atoms with Crippen molar-refractivity contribution in [2.45, 2.75) is 26.3 Å². The molecule has 0 fully saturated rings. The quantitative estimate of drug-likeness (QED) is 0.663. The summed E-state index contributed by atoms with van der Waals surface area (Å²) in [5.74, 6) is 0.634. The van der Waals surface area contributed by atoms with Gasteiger partial charge in [0.15, 0.2) is 0 Å². The van der Waals surface area contributed by atoms with Crippen molar-refractivity contribution in [3.63, 3.8) is 0 Å². The van der Waals surface area contributed by atoms with E-state index in [0.717, 1.165) is 22.4 Å². The van der Waals surface area contributed by atoms with Crippen molar-refractivity contribution in [2.24, 2.45) is 5.73 Å². The van der Waals surface area contributed by atoms with Crippen molar-refractivity contribution >= 4 is 5.91 Å². The van der Waals surface area contributed by atoms with Gasteiger partial charge in [0, 0.05) is 7.05 Å². The number of hydrogen-bond acceptors (Lipinski definition) is 4. The third-order valence-electron chi connectivity index (χ3n) is 2.88. The Morgan fingerprint density at radius 2 is 2.06 bits per heavy atom. The molecule has 0 radical (unpaired) electrons. The molecule has 18 heavy (non-hydrogen) atoms. The Morgan fingerprint density at radius 1 is 1.39 bits per heavy atom. The highest BCUT2D eigenvalue weighted by Gasteiger charge is 2.15. The number of methoxy groups -OCH3 is 1. The Kier molecular flexibility index (Phi) is 5.12. The molecular formula is C13H21N3O2. The van der Waals surface area contributed by atoms with Crippen LogP contribution in [-0.2, 0) is 11.2 Å². The van der Waals surface area contributed by atoms with Crippen LogP contribution in [0.15, 0.2) is 12.1 Å². The molecular weight excluding hydrogens is 230 g/mol. The fourth-order valence-electron chi connectivity index (χ4n) is 1.83. The summed E-state index contributed by atoms with van der Waals surface area (Å²) < 4.78 is 5.25. The van der Waals surface area contributed by atoms with Crippen molar-refractivity contribution in [1.82, 2.24) is 10.9 Å². The molecule has 0 heterocycles. The van der Waals surface area contributed by atoms with Gasteiger partial charge in [-0.05, 0) is 43.0 Å². The van der Waals surface area contributed by atoms with E-state index in [1.807, 2.05) is 26.0 Å². The minimum absolute atomic E-state index is 0.217. The third-order valence-corrected chi connectivity index (χ3v) is 2.88. The summed E-state index contributed by atoms with van der Waals surface area (Å²) in [6, 6.07) is 3.41. The minimum atomic E-state index is -0.566. The van der Waals surface area contributed by atoms with E-state index in [-0.39, 0.29) is 5.91 Å². The molecule has 0 saturated heterocycles. The number of nitrogens with one attached hydrogen (secondary N) is 2. The zero-order valence-electron chi connectivity index (χ0n) is 11.3. The monoisotopic (exact) mass is 251 g/mol. The smallest absolute Gasteiger partial charge is 0.251 e. The second-order valence-electron chi connectivity index (χ2n) is 4.30. The van der Waals surface area contributed by atoms with E-state index in [4.69, 9.17) is 10.5 Å². The summed E-state index contributed by atoms with van der Waals surface area (Å²) in [5, 5.41) is 0. The first kappa shape index (κ1) is 14.5. The van der Waals surface area contributed by atoms with E-state index < -0.39 is 6.04 Å². The van der Waals surface area contributed by atoms with E-state index in [1.165, 1.54) is 0 Å². The van der Waals surface area contributed by atoms with Crippen LogP contribution >= 0.6 is 0 Å². The predicted molar refractivity (Wildman–Crippen MR) is 71.3 cm³/mol. The van der Waals surface area contributed by atoms with Crippen LogP contribution in [0.3, 0.4) is 0 Å². The maximum atomic E-state index is 11.5. The SMILES string of the molecule is CNNC(=O)C(N)Cc1cc(C)c(OC)cc1C. The van der Waals surface area contributed by atoms with Gasteiger partial charge in [-0.25, -0.2) is 5.43 Å². The van der Waals surface area contributed by atoms with Crippen LogP contribution < -0.4 is 21.3 Å². The maximum Gasteiger partial charge on any atom is 0.251 e. The summed E-state index contributed by atoms with van der Waals surface area (Å²) in [4.78, 5) is 11.5. The van der Waals surface area contributed by atoms with Crippen LogP contribution in [0.25, 0.3) is 0 Å². The van der Waals surface area contributed by atoms with Crippen LogP contribution in [0, 0.1) is 13.8 Å². The van der Waals surface area contributed by atoms with Gasteiger partial charge in [-0.2, -0.15) is 0 Å². The van der Waals surface area contributed by atoms with Crippen LogP contribution in [0.4, 0.5) is 0 Å². The Morgan fingerprint density at radius 3 is 2.61 bits per heavy atom. The highest BCUT2D eigenvalue weighted by atomic mass is 16.5. The molecule has 0 aromatic heterocycles. The van der Waals surface area contributed by atoms with E-state index in [1.54, 1.807) is 14.2 Å². The Balaban J connectivity index is 2.85. The number of carbonyl (C=O) groups is 1. The maximum absolute atomic E-state index is 11.5. The number of rotatable bonds is 5. The number of carbonyl (C=O) groups excluding carboxylic acids is 1. The number of nitrogens with two attached hydrogens (primary N) is 1. The van der Waals surface area contributed by atoms with Gasteiger partial charge in [0.2, 0.25) is 0 Å². The Labute approximate surface area is 108 Å². The summed E-state index contributed by atoms with van der Waals surface area (Å²) in [6.07, 6.45) is 0.504. The van der Waals surface area contributed by atoms with Crippen LogP contribution in [0.2, 0.25) is 0 Å². The number of aryl methyl sites for hydroxylation is 2. The summed E-state index contributed by atoms with van der Waals surface area (Å²) in [5.41, 5.74) is 14.1. The number of benzene rings is 1. The molecule has 5 nitrogen and oxygen atoms in total. The van der Waals surface area contributed by atoms with Crippen LogP contribution in [0.1, 0.15) is 16.7 Å². The molecule has 0 aliphatic carbocycles. The second kappa shape index (κ2) is 6.37. The molecule has 5 heteroatoms. The van der Waals surface area contributed by atoms with Crippen LogP contribution in [-0.4, -0.2) is 26.1 Å². The average molecular weight is 251 g/mol. The molecule has 1 unspecified atom stereocenters. The average Bonchev–Trinajstić information content (AvgIpc) is 2.33. The molecule has 0 aliphatic heterocycles. The number of ether oxygens (including phenoxy) is 1. The van der Waals surface area contributed by atoms with Gasteiger partial charge >= 0.3 is 0 Å². The third kappa shape index (κ3) is 3.45. The van der Waals surface area contributed by atoms with Crippen molar-refractivity contribution < 1.29 is 9.53 Å². The minimum Gasteiger partial charge on any atom is -0.496 e. The van der Waals surface area contributed by atoms with Gasteiger partial charge in [-0.3, -0.25) is 10.2 Å². The molecule has 0 saturated carbocycles. The second-order valence-corrected chi connectivity index (χ2v) is 4.30. The fraction of sp³-hybridized carbons (Fsp3) is 0.462. The molecule has 1 aromatic rings. The molecule has 0 aliphatic rings. The summed E-state index contributed by atoms with van der Waals surface area (Å²) in [7, 11) is 3.28. The molecule has 1 amide bonds. The molecule has 100 valence electrons. The zero-order valence-corrected chi connectivity index (χ0v) is 11.3. The lowest BCUT2D eigenvalue weighted by atomic mass is 9.98. The van der Waals surface area contributed by atoms with E-state index >= 15 is 0 Å². The largest absolute Gasteiger partial charge is 0.496 e. The molecule has 0 bridgehead atoms. The highest BCUT2D eigenvalue weighted by Crippen LogP contribution is 2.23. The molecule has 4 N–H and O–H groups in total. The number of hydrogen-bond donors (Lipinski definition) is 3. The molecule has 1 aromatic carbocycles. The van der Waals surface area contributed by atoms with Gasteiger partial charge < -0.3 is 10.5 Å². The van der Waals surface area contributed by atoms with Crippen molar-refractivity contribution in [2.75, 3.05) is 14.2 Å². The normalized spacial score (nSPS) is 12.1. The number of amides is 1. The number of hydrazine groups is 1. The van der Waals surface area contributed by atoms with Gasteiger partial charge in [0.1, 0.15) is 5.75 Å². The lowest BCUT2D eigenvalue weighted by Crippen LogP contribution is -2.46. The predicted octanol–water partition coefficient (Wildman–Crippen LogP) is 0.432. The van der Waals surface area contributed by atoms with Gasteiger partial charge in [-0.15, -0.1) is 0 Å². The molecule has 1 rings (SSSR count). The highest BCUT2D eigenvalue weighted by molar-refractivity contribution is 5.81. The topological polar surface area (TPSA) is 76.4 Å². The first-order valence-electron chi connectivity index (χ1n) is 5.86. The fourth-order valence-corrected chi connectivity index (χ4v) is 1.83. The van der Waals surface area contributed by atoms with Gasteiger partial charge in [0.25, 0.3) is 5.91 Å². The summed E-state index contributed by atoms with van der Waals surface area (Å²) >= 11 is 0. The Hall–Kier alpha value is -1.59. The molecule has 0 spiro atoms. The van der Waals surface area contributed by atoms with Crippen molar-refractivity contribution in [3.8, 4) is 5.75 Å². The standard InChI is InChI=1S/C13H21N3O2/c1-8-6-12(18-4)9(2)5-10(8)7-11(14)13(17)16-15-3/h5-6,11,15H,7,14H2,1-4H3,(H,16,17). The first-order chi connectivity index (χ1) is 8.49. The first-order valence-corrected chi connectivity index (χ1v) is 5.86. The summed E-state index contributed by atoms with van der Waals surface area (Å²) in [6.45, 7) is 3.96. The van der Waals surface area contributed by atoms with Crippen molar-refractivity contribution in [3.05, 3.63) is 28.8 Å². The lowest BCUT2D eigenvalue weighted by Gasteiger charge is -2.15. The molecule has 1 atom stereocenters. The van der Waals surface area contributed by atoms with E-state index in [2.05, 4.69) is 10.9 Å². The Bertz CT molecular complexity index is 432. The van der Waals surface area contributed by atoms with Gasteiger partial charge in [0.05, 0.1) is 13.2 Å².